The largest absolute Gasteiger partial charge is 0.303 e. The zero-order valence-corrected chi connectivity index (χ0v) is 16.1. The topological polar surface area (TPSA) is 17.1 Å². The molecule has 2 heteroatoms. The van der Waals surface area contributed by atoms with E-state index in [0.717, 1.165) is 25.5 Å². The van der Waals surface area contributed by atoms with Gasteiger partial charge >= 0.3 is 0 Å². The summed E-state index contributed by atoms with van der Waals surface area (Å²) in [7, 11) is 0. The predicted molar refractivity (Wildman–Crippen MR) is 114 cm³/mol. The third-order valence-electron chi connectivity index (χ3n) is 5.50. The van der Waals surface area contributed by atoms with Crippen LogP contribution >= 0.6 is 11.8 Å². The van der Waals surface area contributed by atoms with Crippen molar-refractivity contribution in [2.75, 3.05) is 0 Å². The van der Waals surface area contributed by atoms with Crippen LogP contribution in [0.15, 0.2) is 91.0 Å². The lowest BCUT2D eigenvalue weighted by molar-refractivity contribution is -0.110. The van der Waals surface area contributed by atoms with Crippen LogP contribution in [0, 0.1) is 5.92 Å². The average Bonchev–Trinajstić information content (AvgIpc) is 3.21. The van der Waals surface area contributed by atoms with Crippen molar-refractivity contribution in [3.8, 4) is 0 Å². The maximum atomic E-state index is 11.3. The lowest BCUT2D eigenvalue weighted by atomic mass is 9.84. The van der Waals surface area contributed by atoms with E-state index in [0.29, 0.717) is 5.25 Å². The fraction of sp³-hybridized carbons (Fsp3) is 0.240. The van der Waals surface area contributed by atoms with Gasteiger partial charge in [-0.2, -0.15) is 0 Å². The number of aldehydes is 1. The summed E-state index contributed by atoms with van der Waals surface area (Å²) in [5, 5.41) is 0.473. The fourth-order valence-corrected chi connectivity index (χ4v) is 6.09. The van der Waals surface area contributed by atoms with E-state index in [9.17, 15) is 4.79 Å². The second kappa shape index (κ2) is 8.14. The monoisotopic (exact) mass is 372 g/mol. The molecule has 0 bridgehead atoms. The van der Waals surface area contributed by atoms with Crippen molar-refractivity contribution in [1.29, 1.82) is 0 Å². The first-order valence-corrected chi connectivity index (χ1v) is 10.5. The smallest absolute Gasteiger partial charge is 0.123 e. The highest BCUT2D eigenvalue weighted by molar-refractivity contribution is 8.01. The number of thioether (sulfide) groups is 1. The zero-order valence-electron chi connectivity index (χ0n) is 15.3. The van der Waals surface area contributed by atoms with Gasteiger partial charge in [-0.15, -0.1) is 11.8 Å². The average molecular weight is 373 g/mol. The molecule has 1 fully saturated rings. The van der Waals surface area contributed by atoms with Gasteiger partial charge in [-0.3, -0.25) is 0 Å². The molecule has 0 spiro atoms. The van der Waals surface area contributed by atoms with Crippen molar-refractivity contribution in [3.63, 3.8) is 0 Å². The predicted octanol–water partition coefficient (Wildman–Crippen LogP) is 6.08. The molecule has 2 atom stereocenters. The summed E-state index contributed by atoms with van der Waals surface area (Å²) in [5.74, 6) is 0.211. The van der Waals surface area contributed by atoms with Crippen LogP contribution < -0.4 is 0 Å². The van der Waals surface area contributed by atoms with Gasteiger partial charge in [0, 0.05) is 11.2 Å². The highest BCUT2D eigenvalue weighted by Crippen LogP contribution is 2.53. The molecule has 1 nitrogen and oxygen atoms in total. The second-order valence-electron chi connectivity index (χ2n) is 7.23. The molecule has 0 N–H and O–H groups in total. The van der Waals surface area contributed by atoms with Crippen LogP contribution in [0.5, 0.6) is 0 Å². The molecule has 0 amide bonds. The van der Waals surface area contributed by atoms with Crippen molar-refractivity contribution < 1.29 is 4.79 Å². The van der Waals surface area contributed by atoms with Crippen LogP contribution in [-0.4, -0.2) is 11.5 Å². The Morgan fingerprint density at radius 3 is 1.52 bits per heavy atom. The number of rotatable bonds is 6. The Hall–Kier alpha value is -2.32. The second-order valence-corrected chi connectivity index (χ2v) is 8.74. The minimum absolute atomic E-state index is 0.211. The van der Waals surface area contributed by atoms with Crippen molar-refractivity contribution in [1.82, 2.24) is 0 Å². The maximum absolute atomic E-state index is 11.3. The van der Waals surface area contributed by atoms with Gasteiger partial charge in [-0.25, -0.2) is 0 Å². The Morgan fingerprint density at radius 2 is 1.15 bits per heavy atom. The summed E-state index contributed by atoms with van der Waals surface area (Å²) in [5.41, 5.74) is 3.88. The minimum atomic E-state index is -0.272. The number of hydrogen-bond donors (Lipinski definition) is 0. The van der Waals surface area contributed by atoms with Crippen molar-refractivity contribution in [2.45, 2.75) is 29.3 Å². The van der Waals surface area contributed by atoms with Gasteiger partial charge in [0.2, 0.25) is 0 Å². The Morgan fingerprint density at radius 1 is 0.704 bits per heavy atom. The van der Waals surface area contributed by atoms with Gasteiger partial charge in [0.15, 0.2) is 0 Å². The summed E-state index contributed by atoms with van der Waals surface area (Å²) >= 11 is 2.02. The van der Waals surface area contributed by atoms with Crippen LogP contribution in [0.1, 0.15) is 36.0 Å². The van der Waals surface area contributed by atoms with E-state index in [2.05, 4.69) is 91.0 Å². The standard InChI is InChI=1S/C25H24OS/c26-19-20-16-17-24(18-20)27-25(21-10-4-1-5-11-21,22-12-6-2-7-13-22)23-14-8-3-9-15-23/h1-15,19-20,24H,16-18H2/t20-,24+/m0/s1. The third-order valence-corrected chi connectivity index (χ3v) is 7.32. The van der Waals surface area contributed by atoms with E-state index < -0.39 is 0 Å². The van der Waals surface area contributed by atoms with Gasteiger partial charge in [0.1, 0.15) is 6.29 Å². The normalized spacial score (nSPS) is 19.7. The quantitative estimate of drug-likeness (QED) is 0.385. The van der Waals surface area contributed by atoms with Crippen LogP contribution in [0.4, 0.5) is 0 Å². The molecule has 0 saturated heterocycles. The molecular formula is C25H24OS. The van der Waals surface area contributed by atoms with E-state index in [-0.39, 0.29) is 10.7 Å². The molecule has 3 aromatic carbocycles. The summed E-state index contributed by atoms with van der Waals surface area (Å²) < 4.78 is -0.272. The molecule has 1 aliphatic carbocycles. The molecule has 1 saturated carbocycles. The van der Waals surface area contributed by atoms with Gasteiger partial charge in [0.05, 0.1) is 4.75 Å². The van der Waals surface area contributed by atoms with E-state index in [4.69, 9.17) is 0 Å². The van der Waals surface area contributed by atoms with Gasteiger partial charge in [0.25, 0.3) is 0 Å². The molecule has 0 heterocycles. The first-order valence-electron chi connectivity index (χ1n) is 9.62. The minimum Gasteiger partial charge on any atom is -0.303 e. The van der Waals surface area contributed by atoms with Crippen LogP contribution in [0.2, 0.25) is 0 Å². The molecule has 1 aliphatic rings. The Labute approximate surface area is 165 Å². The van der Waals surface area contributed by atoms with Gasteiger partial charge in [-0.05, 0) is 36.0 Å². The van der Waals surface area contributed by atoms with Gasteiger partial charge in [-0.1, -0.05) is 91.0 Å². The van der Waals surface area contributed by atoms with E-state index in [1.807, 2.05) is 11.8 Å². The highest BCUT2D eigenvalue weighted by atomic mass is 32.2. The van der Waals surface area contributed by atoms with E-state index in [1.54, 1.807) is 0 Å². The Kier molecular flexibility index (Phi) is 5.45. The Bertz CT molecular complexity index is 764. The van der Waals surface area contributed by atoms with Crippen LogP contribution in [0.25, 0.3) is 0 Å². The molecule has 27 heavy (non-hydrogen) atoms. The van der Waals surface area contributed by atoms with Crippen molar-refractivity contribution in [2.24, 2.45) is 5.92 Å². The van der Waals surface area contributed by atoms with Crippen LogP contribution in [-0.2, 0) is 9.54 Å². The first-order chi connectivity index (χ1) is 13.3. The maximum Gasteiger partial charge on any atom is 0.123 e. The SMILES string of the molecule is O=C[C@H]1CC[C@@H](SC(c2ccccc2)(c2ccccc2)c2ccccc2)C1. The van der Waals surface area contributed by atoms with Crippen molar-refractivity contribution in [3.05, 3.63) is 108 Å². The molecular weight excluding hydrogens is 348 g/mol. The molecule has 0 unspecified atom stereocenters. The zero-order chi connectivity index (χ0) is 18.5. The summed E-state index contributed by atoms with van der Waals surface area (Å²) in [6, 6.07) is 32.4. The molecule has 4 rings (SSSR count). The number of carbonyl (C=O) groups excluding carboxylic acids is 1. The number of benzene rings is 3. The van der Waals surface area contributed by atoms with E-state index >= 15 is 0 Å². The third kappa shape index (κ3) is 3.59. The summed E-state index contributed by atoms with van der Waals surface area (Å²) in [6.07, 6.45) is 4.23. The Balaban J connectivity index is 1.88. The highest BCUT2D eigenvalue weighted by Gasteiger charge is 2.41. The lowest BCUT2D eigenvalue weighted by Crippen LogP contribution is -2.28. The van der Waals surface area contributed by atoms with E-state index in [1.165, 1.54) is 16.7 Å². The fourth-order valence-electron chi connectivity index (χ4n) is 4.18. The molecule has 0 aromatic heterocycles. The number of carbonyl (C=O) groups is 1. The molecule has 0 radical (unpaired) electrons. The first kappa shape index (κ1) is 18.1. The lowest BCUT2D eigenvalue weighted by Gasteiger charge is -2.37. The number of hydrogen-bond acceptors (Lipinski definition) is 2. The summed E-state index contributed by atoms with van der Waals surface area (Å²) in [6.45, 7) is 0. The molecule has 3 aromatic rings. The molecule has 0 aliphatic heterocycles. The molecule has 136 valence electrons. The van der Waals surface area contributed by atoms with Crippen molar-refractivity contribution >= 4 is 18.0 Å². The van der Waals surface area contributed by atoms with Crippen LogP contribution in [0.3, 0.4) is 0 Å². The van der Waals surface area contributed by atoms with Gasteiger partial charge < -0.3 is 4.79 Å². The summed E-state index contributed by atoms with van der Waals surface area (Å²) in [4.78, 5) is 11.3.